The molecule has 5 nitrogen and oxygen atoms in total. The smallest absolute Gasteiger partial charge is 0.376 e. The average molecular weight is 690 g/mol. The van der Waals surface area contributed by atoms with Crippen LogP contribution in [-0.4, -0.2) is 39.3 Å². The Bertz CT molecular complexity index is 1550. The van der Waals surface area contributed by atoms with Crippen molar-refractivity contribution in [3.63, 3.8) is 0 Å². The van der Waals surface area contributed by atoms with Gasteiger partial charge in [0.2, 0.25) is 0 Å². The summed E-state index contributed by atoms with van der Waals surface area (Å²) >= 11 is 0. The molecule has 1 saturated heterocycles. The zero-order valence-corrected chi connectivity index (χ0v) is 30.8. The van der Waals surface area contributed by atoms with Crippen LogP contribution in [0.3, 0.4) is 0 Å². The van der Waals surface area contributed by atoms with Crippen LogP contribution in [0.4, 0.5) is 19.0 Å². The summed E-state index contributed by atoms with van der Waals surface area (Å²) in [4.78, 5) is 9.36. The van der Waals surface area contributed by atoms with Crippen molar-refractivity contribution in [1.29, 1.82) is 0 Å². The van der Waals surface area contributed by atoms with Crippen molar-refractivity contribution in [3.8, 4) is 11.1 Å². The topological polar surface area (TPSA) is 37.2 Å². The Kier molecular flexibility index (Phi) is 12.9. The average Bonchev–Trinajstić information content (AvgIpc) is 3.63. The van der Waals surface area contributed by atoms with Crippen LogP contribution in [0.25, 0.3) is 11.1 Å². The number of allylic oxidation sites excluding steroid dienone is 2. The lowest BCUT2D eigenvalue weighted by molar-refractivity contribution is -0.212. The molecule has 3 aromatic rings. The van der Waals surface area contributed by atoms with E-state index in [9.17, 15) is 13.2 Å². The summed E-state index contributed by atoms with van der Waals surface area (Å²) in [5, 5.41) is 3.53. The van der Waals surface area contributed by atoms with E-state index in [1.165, 1.54) is 86.6 Å². The van der Waals surface area contributed by atoms with Crippen LogP contribution in [0, 0.1) is 24.7 Å². The van der Waals surface area contributed by atoms with E-state index >= 15 is 0 Å². The largest absolute Gasteiger partial charge is 0.504 e. The second kappa shape index (κ2) is 17.1. The zero-order valence-electron chi connectivity index (χ0n) is 30.8. The minimum atomic E-state index is -4.54. The number of aromatic nitrogens is 3. The van der Waals surface area contributed by atoms with Crippen molar-refractivity contribution in [2.75, 3.05) is 24.5 Å². The molecule has 0 bridgehead atoms. The number of pyridine rings is 1. The molecule has 2 aromatic heterocycles. The fourth-order valence-corrected chi connectivity index (χ4v) is 8.07. The zero-order chi connectivity index (χ0) is 35.8. The number of aryl methyl sites for hydroxylation is 2. The number of likely N-dealkylation sites (tertiary alicyclic amines) is 1. The van der Waals surface area contributed by atoms with Gasteiger partial charge in [0.05, 0.1) is 6.20 Å². The quantitative estimate of drug-likeness (QED) is 0.224. The third kappa shape index (κ3) is 9.82. The van der Waals surface area contributed by atoms with E-state index in [2.05, 4.69) is 74.0 Å². The molecule has 3 heterocycles. The Morgan fingerprint density at radius 1 is 0.920 bits per heavy atom. The van der Waals surface area contributed by atoms with Crippen LogP contribution in [0.1, 0.15) is 114 Å². The number of piperidine rings is 1. The Hall–Kier alpha value is -3.55. The number of halogens is 3. The highest BCUT2D eigenvalue weighted by atomic mass is 19.4. The summed E-state index contributed by atoms with van der Waals surface area (Å²) in [6, 6.07) is 10.7. The first kappa shape index (κ1) is 37.7. The lowest BCUT2D eigenvalue weighted by atomic mass is 9.77. The Morgan fingerprint density at radius 3 is 2.22 bits per heavy atom. The predicted molar refractivity (Wildman–Crippen MR) is 200 cm³/mol. The Balaban J connectivity index is 0.000000418. The fourth-order valence-electron chi connectivity index (χ4n) is 8.07. The van der Waals surface area contributed by atoms with Crippen molar-refractivity contribution < 1.29 is 13.2 Å². The lowest BCUT2D eigenvalue weighted by Gasteiger charge is -2.37. The van der Waals surface area contributed by atoms with E-state index in [0.29, 0.717) is 28.9 Å². The van der Waals surface area contributed by atoms with Crippen molar-refractivity contribution >= 4 is 5.82 Å². The maximum Gasteiger partial charge on any atom is 0.504 e. The third-order valence-electron chi connectivity index (χ3n) is 11.5. The number of hydrogen-bond donors (Lipinski definition) is 0. The van der Waals surface area contributed by atoms with Crippen LogP contribution in [0.2, 0.25) is 0 Å². The van der Waals surface area contributed by atoms with Gasteiger partial charge in [-0.3, -0.25) is 0 Å². The molecule has 0 amide bonds. The second-order valence-electron chi connectivity index (χ2n) is 15.1. The van der Waals surface area contributed by atoms with Gasteiger partial charge in [-0.25, -0.2) is 4.98 Å². The van der Waals surface area contributed by atoms with Crippen LogP contribution < -0.4 is 4.90 Å². The molecule has 50 heavy (non-hydrogen) atoms. The van der Waals surface area contributed by atoms with Crippen molar-refractivity contribution in [2.45, 2.75) is 117 Å². The minimum Gasteiger partial charge on any atom is -0.376 e. The second-order valence-corrected chi connectivity index (χ2v) is 15.1. The molecule has 3 fully saturated rings. The van der Waals surface area contributed by atoms with Gasteiger partial charge >= 0.3 is 6.30 Å². The molecule has 6 rings (SSSR count). The van der Waals surface area contributed by atoms with Gasteiger partial charge in [-0.2, -0.15) is 9.78 Å². The molecule has 2 saturated carbocycles. The summed E-state index contributed by atoms with van der Waals surface area (Å²) < 4.78 is 39.5. The predicted octanol–water partition coefficient (Wildman–Crippen LogP) is 11.4. The van der Waals surface area contributed by atoms with Crippen LogP contribution in [0.15, 0.2) is 73.5 Å². The van der Waals surface area contributed by atoms with Gasteiger partial charge in [0.25, 0.3) is 0 Å². The third-order valence-corrected chi connectivity index (χ3v) is 11.5. The molecular formula is C42H58F3N5. The Morgan fingerprint density at radius 2 is 1.62 bits per heavy atom. The first-order valence-corrected chi connectivity index (χ1v) is 19.0. The number of alkyl halides is 3. The van der Waals surface area contributed by atoms with Crippen molar-refractivity contribution in [2.24, 2.45) is 17.8 Å². The molecule has 1 aromatic carbocycles. The van der Waals surface area contributed by atoms with Gasteiger partial charge in [0.15, 0.2) is 0 Å². The molecule has 1 aliphatic heterocycles. The van der Waals surface area contributed by atoms with Crippen molar-refractivity contribution in [3.05, 3.63) is 90.2 Å². The first-order valence-electron chi connectivity index (χ1n) is 19.0. The van der Waals surface area contributed by atoms with Crippen LogP contribution in [0.5, 0.6) is 0 Å². The standard InChI is InChI=1S/C33H41F3N4.C9H17N/c1-4-26-14-15-29(18-23(26)2)28-12-10-25(11-13-28)21-39(24(3)27-8-6-5-7-9-27)32-19-30(16-17-37-32)31-20-38-40(22-31)33(34,35)36;1-8(2)10-6-4-9(3)5-7-10/h14-20,22,25,27-28H,3-13,21H2,1-2H3;9H,1,4-7H2,2-3H3. The fraction of sp³-hybridized carbons (Fsp3) is 0.571. The number of benzene rings is 1. The monoisotopic (exact) mass is 689 g/mol. The maximum atomic E-state index is 13.2. The molecule has 3 aliphatic rings. The van der Waals surface area contributed by atoms with E-state index in [1.54, 1.807) is 12.3 Å². The van der Waals surface area contributed by atoms with Gasteiger partial charge in [-0.1, -0.05) is 64.5 Å². The van der Waals surface area contributed by atoms with E-state index in [0.717, 1.165) is 62.3 Å². The number of anilines is 1. The molecule has 0 spiro atoms. The van der Waals surface area contributed by atoms with Crippen LogP contribution in [-0.2, 0) is 12.7 Å². The summed E-state index contributed by atoms with van der Waals surface area (Å²) in [6.07, 6.45) is 13.8. The SMILES string of the molecule is C=C(C)N1CCC(C)CC1.C=C(C1CCCCC1)N(CC1CCC(c2ccc(CC)c(C)c2)CC1)c1cc(-c2cnn(C(F)(F)F)c2)ccn1. The van der Waals surface area contributed by atoms with E-state index < -0.39 is 6.30 Å². The molecule has 2 aliphatic carbocycles. The molecule has 0 unspecified atom stereocenters. The van der Waals surface area contributed by atoms with Crippen molar-refractivity contribution in [1.82, 2.24) is 19.7 Å². The lowest BCUT2D eigenvalue weighted by Crippen LogP contribution is -2.34. The molecular weight excluding hydrogens is 631 g/mol. The highest BCUT2D eigenvalue weighted by Gasteiger charge is 2.32. The van der Waals surface area contributed by atoms with E-state index in [4.69, 9.17) is 4.98 Å². The molecule has 8 heteroatoms. The highest BCUT2D eigenvalue weighted by molar-refractivity contribution is 5.66. The summed E-state index contributed by atoms with van der Waals surface area (Å²) in [6.45, 7) is 20.6. The van der Waals surface area contributed by atoms with E-state index in [-0.39, 0.29) is 4.68 Å². The summed E-state index contributed by atoms with van der Waals surface area (Å²) in [5.41, 5.74) is 7.71. The summed E-state index contributed by atoms with van der Waals surface area (Å²) in [5.74, 6) is 3.23. The van der Waals surface area contributed by atoms with Gasteiger partial charge in [0, 0.05) is 49.0 Å². The molecule has 0 atom stereocenters. The highest BCUT2D eigenvalue weighted by Crippen LogP contribution is 2.40. The minimum absolute atomic E-state index is 0.0525. The number of hydrogen-bond acceptors (Lipinski definition) is 4. The van der Waals surface area contributed by atoms with Crippen LogP contribution >= 0.6 is 0 Å². The molecule has 0 radical (unpaired) electrons. The molecule has 272 valence electrons. The summed E-state index contributed by atoms with van der Waals surface area (Å²) in [7, 11) is 0. The van der Waals surface area contributed by atoms with Gasteiger partial charge < -0.3 is 9.80 Å². The van der Waals surface area contributed by atoms with Gasteiger partial charge in [-0.05, 0) is 130 Å². The normalized spacial score (nSPS) is 20.6. The Labute approximate surface area is 298 Å². The number of nitrogens with zero attached hydrogens (tertiary/aromatic N) is 5. The van der Waals surface area contributed by atoms with E-state index in [1.807, 2.05) is 6.07 Å². The van der Waals surface area contributed by atoms with Gasteiger partial charge in [-0.15, -0.1) is 13.2 Å². The first-order chi connectivity index (χ1) is 23.9. The maximum absolute atomic E-state index is 13.2. The molecule has 0 N–H and O–H groups in total. The van der Waals surface area contributed by atoms with Gasteiger partial charge in [0.1, 0.15) is 5.82 Å². The number of rotatable bonds is 9.